The smallest absolute Gasteiger partial charge is 0.280 e. The van der Waals surface area contributed by atoms with Gasteiger partial charge >= 0.3 is 0 Å². The summed E-state index contributed by atoms with van der Waals surface area (Å²) in [4.78, 5) is 70.8. The highest BCUT2D eigenvalue weighted by molar-refractivity contribution is 5.97. The molecule has 6 aromatic heterocycles. The number of aromatic amines is 1. The number of pyridine rings is 5. The summed E-state index contributed by atoms with van der Waals surface area (Å²) in [6, 6.07) is 26.6. The first-order chi connectivity index (χ1) is 32.4. The average molecular weight is 885 g/mol. The van der Waals surface area contributed by atoms with Crippen molar-refractivity contribution in [2.45, 2.75) is 6.42 Å². The summed E-state index contributed by atoms with van der Waals surface area (Å²) in [7, 11) is 1.52. The van der Waals surface area contributed by atoms with Gasteiger partial charge in [-0.05, 0) is 95.7 Å². The number of hydrogen-bond acceptors (Lipinski definition) is 15. The Labute approximate surface area is 377 Å². The van der Waals surface area contributed by atoms with Crippen molar-refractivity contribution in [3.8, 4) is 28.4 Å². The maximum Gasteiger partial charge on any atom is 0.280 e. The summed E-state index contributed by atoms with van der Waals surface area (Å²) in [5.41, 5.74) is 8.35. The lowest BCUT2D eigenvalue weighted by Crippen LogP contribution is -2.36. The number of amides is 1. The Morgan fingerprint density at radius 1 is 0.727 bits per heavy atom. The third kappa shape index (κ3) is 8.82. The van der Waals surface area contributed by atoms with Crippen molar-refractivity contribution < 1.29 is 19.0 Å². The molecule has 2 aliphatic heterocycles. The third-order valence-electron chi connectivity index (χ3n) is 11.5. The Balaban J connectivity index is 0.888. The first-order valence-electron chi connectivity index (χ1n) is 21.4. The zero-order valence-corrected chi connectivity index (χ0v) is 35.9. The summed E-state index contributed by atoms with van der Waals surface area (Å²) in [6.45, 7) is 5.97. The van der Waals surface area contributed by atoms with Gasteiger partial charge in [-0.2, -0.15) is 0 Å². The van der Waals surface area contributed by atoms with Gasteiger partial charge < -0.3 is 39.6 Å². The number of fused-ring (bicyclic) bond motifs is 2. The van der Waals surface area contributed by atoms with Crippen LogP contribution < -0.4 is 41.7 Å². The first-order valence-corrected chi connectivity index (χ1v) is 21.4. The monoisotopic (exact) mass is 884 g/mol. The van der Waals surface area contributed by atoms with Gasteiger partial charge in [0.15, 0.2) is 0 Å². The van der Waals surface area contributed by atoms with E-state index in [0.717, 1.165) is 47.9 Å². The molecule has 0 spiro atoms. The van der Waals surface area contributed by atoms with Crippen molar-refractivity contribution in [1.82, 2.24) is 34.6 Å². The Hall–Kier alpha value is -8.22. The van der Waals surface area contributed by atoms with E-state index in [1.54, 1.807) is 36.8 Å². The van der Waals surface area contributed by atoms with Crippen LogP contribution in [0.2, 0.25) is 0 Å². The molecule has 1 amide bonds. The van der Waals surface area contributed by atoms with Crippen molar-refractivity contribution in [2.75, 3.05) is 85.6 Å². The number of morpholine rings is 2. The number of carbonyl (C=O) groups excluding carboxylic acids is 1. The van der Waals surface area contributed by atoms with Crippen LogP contribution >= 0.6 is 0 Å². The molecule has 332 valence electrons. The fourth-order valence-electron chi connectivity index (χ4n) is 8.14. The number of aromatic nitrogens is 7. The van der Waals surface area contributed by atoms with Crippen LogP contribution in [0.4, 0.5) is 34.4 Å². The summed E-state index contributed by atoms with van der Waals surface area (Å²) in [5.74, 6) is 0.529. The topological polar surface area (TPSA) is 207 Å². The Bertz CT molecular complexity index is 3170. The van der Waals surface area contributed by atoms with E-state index in [4.69, 9.17) is 24.2 Å². The Kier molecular flexibility index (Phi) is 11.7. The molecular weight excluding hydrogens is 841 g/mol. The maximum atomic E-state index is 14.2. The minimum absolute atomic E-state index is 0.121. The van der Waals surface area contributed by atoms with Gasteiger partial charge in [-0.3, -0.25) is 24.8 Å². The molecule has 0 unspecified atom stereocenters. The molecule has 2 fully saturated rings. The van der Waals surface area contributed by atoms with Gasteiger partial charge in [0.05, 0.1) is 67.7 Å². The Morgan fingerprint density at radius 3 is 1.98 bits per heavy atom. The second kappa shape index (κ2) is 18.5. The molecule has 18 heteroatoms. The fourth-order valence-corrected chi connectivity index (χ4v) is 8.14. The number of carbonyl (C=O) groups is 1. The van der Waals surface area contributed by atoms with Gasteiger partial charge in [0.1, 0.15) is 18.0 Å². The van der Waals surface area contributed by atoms with E-state index in [1.807, 2.05) is 66.7 Å². The molecule has 2 aromatic carbocycles. The maximum absolute atomic E-state index is 14.2. The van der Waals surface area contributed by atoms with Gasteiger partial charge in [-0.25, -0.2) is 24.6 Å². The van der Waals surface area contributed by atoms with E-state index in [2.05, 4.69) is 45.8 Å². The van der Waals surface area contributed by atoms with Crippen LogP contribution in [0.15, 0.2) is 126 Å². The lowest BCUT2D eigenvalue weighted by molar-refractivity contribution is -0.116. The summed E-state index contributed by atoms with van der Waals surface area (Å²) in [5, 5.41) is 8.63. The van der Waals surface area contributed by atoms with E-state index in [0.29, 0.717) is 88.2 Å². The van der Waals surface area contributed by atoms with Crippen LogP contribution in [0.5, 0.6) is 5.88 Å². The number of benzene rings is 2. The van der Waals surface area contributed by atoms with E-state index in [-0.39, 0.29) is 23.2 Å². The molecule has 18 nitrogen and oxygen atoms in total. The number of anilines is 6. The van der Waals surface area contributed by atoms with Crippen molar-refractivity contribution in [1.29, 1.82) is 0 Å². The fraction of sp³-hybridized carbons (Fsp3) is 0.208. The zero-order chi connectivity index (χ0) is 45.0. The van der Waals surface area contributed by atoms with Gasteiger partial charge in [0.25, 0.3) is 11.1 Å². The van der Waals surface area contributed by atoms with E-state index in [9.17, 15) is 14.4 Å². The molecule has 2 saturated heterocycles. The van der Waals surface area contributed by atoms with Gasteiger partial charge in [-0.1, -0.05) is 0 Å². The summed E-state index contributed by atoms with van der Waals surface area (Å²) in [6.07, 6.45) is 7.61. The van der Waals surface area contributed by atoms with Crippen LogP contribution in [-0.2, 0) is 20.7 Å². The molecule has 66 heavy (non-hydrogen) atoms. The summed E-state index contributed by atoms with van der Waals surface area (Å²) < 4.78 is 17.7. The highest BCUT2D eigenvalue weighted by Gasteiger charge is 2.19. The van der Waals surface area contributed by atoms with Crippen LogP contribution in [0.25, 0.3) is 44.1 Å². The molecule has 8 aromatic rings. The highest BCUT2D eigenvalue weighted by Crippen LogP contribution is 2.33. The predicted octanol–water partition coefficient (Wildman–Crippen LogP) is 5.63. The van der Waals surface area contributed by atoms with Crippen LogP contribution in [0.1, 0.15) is 5.69 Å². The van der Waals surface area contributed by atoms with E-state index < -0.39 is 11.5 Å². The number of nitrogens with zero attached hydrogens (tertiary/aromatic N) is 8. The third-order valence-corrected chi connectivity index (χ3v) is 11.5. The lowest BCUT2D eigenvalue weighted by atomic mass is 10.1. The van der Waals surface area contributed by atoms with Crippen LogP contribution in [0.3, 0.4) is 0 Å². The van der Waals surface area contributed by atoms with Crippen molar-refractivity contribution in [2.24, 2.45) is 0 Å². The average Bonchev–Trinajstić information content (AvgIpc) is 3.36. The lowest BCUT2D eigenvalue weighted by Gasteiger charge is -2.29. The standard InChI is InChI=1S/C48H44N12O6/c1-64-47-38(28-49-29-52-47)40-25-31-13-15-60(48(63)43(31)45(56-40)54-34-6-10-37(11-7-34)59-18-22-66-23-19-59)57-41(61)26-35-3-2-32(27-51-35)39-24-30-12-14-50-46(62)42(30)44(55-39)53-33-4-8-36(9-5-33)58-16-20-65-21-17-58/h2-15,24-25,27-29H,16-23,26H2,1H3,(H,50,62)(H,53,55)(H,54,56)(H,57,61). The molecule has 2 aliphatic rings. The van der Waals surface area contributed by atoms with Crippen molar-refractivity contribution in [3.05, 3.63) is 142 Å². The molecule has 8 heterocycles. The number of hydrogen-bond donors (Lipinski definition) is 4. The van der Waals surface area contributed by atoms with Crippen LogP contribution in [0, 0.1) is 0 Å². The van der Waals surface area contributed by atoms with Gasteiger partial charge in [0.2, 0.25) is 11.8 Å². The van der Waals surface area contributed by atoms with E-state index >= 15 is 0 Å². The van der Waals surface area contributed by atoms with Crippen molar-refractivity contribution in [3.63, 3.8) is 0 Å². The van der Waals surface area contributed by atoms with Crippen molar-refractivity contribution >= 4 is 61.8 Å². The zero-order valence-electron chi connectivity index (χ0n) is 35.9. The molecule has 0 radical (unpaired) electrons. The number of methoxy groups -OCH3 is 1. The number of nitrogens with one attached hydrogen (secondary N) is 4. The summed E-state index contributed by atoms with van der Waals surface area (Å²) >= 11 is 0. The second-order valence-corrected chi connectivity index (χ2v) is 15.7. The minimum Gasteiger partial charge on any atom is -0.480 e. The van der Waals surface area contributed by atoms with Gasteiger partial charge in [-0.15, -0.1) is 0 Å². The van der Waals surface area contributed by atoms with E-state index in [1.165, 1.54) is 19.6 Å². The SMILES string of the molecule is COc1ncncc1-c1cc2ccn(NC(=O)Cc3ccc(-c4cc5cc[nH]c(=O)c5c(Nc5ccc(N6CCOCC6)cc5)n4)cn3)c(=O)c2c(Nc2ccc(N3CCOCC3)cc2)n1. The quantitative estimate of drug-likeness (QED) is 0.117. The highest BCUT2D eigenvalue weighted by atomic mass is 16.5. The molecule has 0 saturated carbocycles. The Morgan fingerprint density at radius 2 is 1.35 bits per heavy atom. The molecule has 4 N–H and O–H groups in total. The van der Waals surface area contributed by atoms with Gasteiger partial charge in [0, 0.05) is 85.0 Å². The number of rotatable bonds is 12. The normalized spacial score (nSPS) is 14.0. The molecule has 0 atom stereocenters. The number of H-pyrrole nitrogens is 1. The minimum atomic E-state index is -0.495. The molecular formula is C48H44N12O6. The molecule has 0 aliphatic carbocycles. The molecule has 10 rings (SSSR count). The predicted molar refractivity (Wildman–Crippen MR) is 253 cm³/mol. The first kappa shape index (κ1) is 41.8. The number of ether oxygens (including phenoxy) is 3. The van der Waals surface area contributed by atoms with Crippen LogP contribution in [-0.4, -0.2) is 100 Å². The molecule has 0 bridgehead atoms. The second-order valence-electron chi connectivity index (χ2n) is 15.7. The largest absolute Gasteiger partial charge is 0.480 e.